The number of nitrogens with one attached hydrogen (secondary N) is 1. The molecule has 3 rings (SSSR count). The van der Waals surface area contributed by atoms with E-state index in [9.17, 15) is 9.59 Å². The third kappa shape index (κ3) is 4.94. The number of nitrogens with zero attached hydrogens (tertiary/aromatic N) is 1. The van der Waals surface area contributed by atoms with Crippen LogP contribution in [0, 0.1) is 5.92 Å². The minimum absolute atomic E-state index is 0.0820. The summed E-state index contributed by atoms with van der Waals surface area (Å²) in [5, 5.41) is 3.45. The first-order valence-corrected chi connectivity index (χ1v) is 10.8. The van der Waals surface area contributed by atoms with E-state index in [2.05, 4.69) is 23.5 Å². The monoisotopic (exact) mass is 392 g/mol. The summed E-state index contributed by atoms with van der Waals surface area (Å²) in [5.41, 5.74) is 3.90. The fourth-order valence-corrected chi connectivity index (χ4v) is 4.39. The van der Waals surface area contributed by atoms with Crippen molar-refractivity contribution >= 4 is 11.7 Å². The Kier molecular flexibility index (Phi) is 7.21. The highest BCUT2D eigenvalue weighted by molar-refractivity contribution is 5.94. The van der Waals surface area contributed by atoms with Gasteiger partial charge >= 0.3 is 0 Å². The topological polar surface area (TPSA) is 49.4 Å². The summed E-state index contributed by atoms with van der Waals surface area (Å²) in [6, 6.07) is 16.2. The van der Waals surface area contributed by atoms with Crippen molar-refractivity contribution in [3.05, 3.63) is 70.8 Å². The van der Waals surface area contributed by atoms with Gasteiger partial charge in [-0.05, 0) is 81.9 Å². The average Bonchev–Trinajstić information content (AvgIpc) is 2.76. The van der Waals surface area contributed by atoms with E-state index in [1.54, 1.807) is 6.92 Å². The van der Waals surface area contributed by atoms with Crippen molar-refractivity contribution in [2.45, 2.75) is 39.5 Å². The van der Waals surface area contributed by atoms with Crippen molar-refractivity contribution in [3.63, 3.8) is 0 Å². The molecule has 1 atom stereocenters. The van der Waals surface area contributed by atoms with Crippen molar-refractivity contribution in [2.24, 2.45) is 5.92 Å². The Morgan fingerprint density at radius 2 is 1.62 bits per heavy atom. The zero-order chi connectivity index (χ0) is 20.8. The first kappa shape index (κ1) is 21.3. The van der Waals surface area contributed by atoms with E-state index in [1.165, 1.54) is 11.1 Å². The Hall–Kier alpha value is -2.46. The lowest BCUT2D eigenvalue weighted by Crippen LogP contribution is -2.31. The van der Waals surface area contributed by atoms with Crippen LogP contribution in [0.5, 0.6) is 0 Å². The van der Waals surface area contributed by atoms with Gasteiger partial charge in [-0.1, -0.05) is 30.3 Å². The van der Waals surface area contributed by atoms with Crippen LogP contribution in [0.2, 0.25) is 0 Å². The van der Waals surface area contributed by atoms with Gasteiger partial charge in [0.15, 0.2) is 5.78 Å². The number of hydrogen-bond acceptors (Lipinski definition) is 3. The zero-order valence-corrected chi connectivity index (χ0v) is 17.8. The molecule has 1 amide bonds. The Balaban J connectivity index is 1.95. The van der Waals surface area contributed by atoms with E-state index in [0.717, 1.165) is 37.1 Å². The Morgan fingerprint density at radius 1 is 0.966 bits per heavy atom. The highest BCUT2D eigenvalue weighted by Crippen LogP contribution is 2.37. The predicted octanol–water partition coefficient (Wildman–Crippen LogP) is 4.50. The van der Waals surface area contributed by atoms with Crippen LogP contribution in [0.1, 0.15) is 71.4 Å². The number of ketones is 1. The van der Waals surface area contributed by atoms with Crippen LogP contribution in [0.25, 0.3) is 0 Å². The quantitative estimate of drug-likeness (QED) is 0.706. The van der Waals surface area contributed by atoms with Crippen LogP contribution < -0.4 is 5.32 Å². The van der Waals surface area contributed by atoms with Crippen LogP contribution in [0.3, 0.4) is 0 Å². The molecule has 0 bridgehead atoms. The number of carbonyl (C=O) groups excluding carboxylic acids is 2. The molecule has 0 saturated carbocycles. The summed E-state index contributed by atoms with van der Waals surface area (Å²) in [6.45, 7) is 9.10. The Labute approximate surface area is 174 Å². The molecular weight excluding hydrogens is 360 g/mol. The second-order valence-electron chi connectivity index (χ2n) is 7.85. The lowest BCUT2D eigenvalue weighted by atomic mass is 9.76. The van der Waals surface area contributed by atoms with Gasteiger partial charge in [-0.3, -0.25) is 9.59 Å². The summed E-state index contributed by atoms with van der Waals surface area (Å²) < 4.78 is 0. The average molecular weight is 393 g/mol. The molecule has 1 unspecified atom stereocenters. The van der Waals surface area contributed by atoms with Gasteiger partial charge in [0.1, 0.15) is 0 Å². The number of benzene rings is 2. The van der Waals surface area contributed by atoms with Crippen LogP contribution in [0.4, 0.5) is 0 Å². The number of piperidine rings is 1. The molecule has 0 aromatic heterocycles. The maximum Gasteiger partial charge on any atom is 0.253 e. The van der Waals surface area contributed by atoms with Gasteiger partial charge in [-0.15, -0.1) is 0 Å². The maximum absolute atomic E-state index is 12.7. The van der Waals surface area contributed by atoms with Gasteiger partial charge < -0.3 is 10.2 Å². The molecule has 0 radical (unpaired) electrons. The number of rotatable bonds is 7. The molecule has 4 nitrogen and oxygen atoms in total. The van der Waals surface area contributed by atoms with Crippen molar-refractivity contribution < 1.29 is 9.59 Å². The van der Waals surface area contributed by atoms with Crippen LogP contribution >= 0.6 is 0 Å². The molecule has 29 heavy (non-hydrogen) atoms. The van der Waals surface area contributed by atoms with Crippen molar-refractivity contribution in [1.29, 1.82) is 0 Å². The van der Waals surface area contributed by atoms with E-state index >= 15 is 0 Å². The minimum atomic E-state index is 0.0820. The van der Waals surface area contributed by atoms with E-state index in [-0.39, 0.29) is 17.6 Å². The molecule has 1 aliphatic rings. The highest BCUT2D eigenvalue weighted by atomic mass is 16.2. The normalized spacial score (nSPS) is 15.7. The second-order valence-corrected chi connectivity index (χ2v) is 7.85. The lowest BCUT2D eigenvalue weighted by Gasteiger charge is -2.32. The molecule has 1 aliphatic heterocycles. The smallest absolute Gasteiger partial charge is 0.253 e. The van der Waals surface area contributed by atoms with Gasteiger partial charge in [0, 0.05) is 30.1 Å². The van der Waals surface area contributed by atoms with E-state index in [4.69, 9.17) is 0 Å². The fourth-order valence-electron chi connectivity index (χ4n) is 4.39. The first-order valence-electron chi connectivity index (χ1n) is 10.8. The Morgan fingerprint density at radius 3 is 2.21 bits per heavy atom. The molecule has 1 fully saturated rings. The third-order valence-corrected chi connectivity index (χ3v) is 6.07. The molecule has 2 aromatic carbocycles. The summed E-state index contributed by atoms with van der Waals surface area (Å²) in [4.78, 5) is 26.4. The zero-order valence-electron chi connectivity index (χ0n) is 17.8. The molecule has 1 N–H and O–H groups in total. The van der Waals surface area contributed by atoms with E-state index in [0.29, 0.717) is 19.0 Å². The summed E-state index contributed by atoms with van der Waals surface area (Å²) >= 11 is 0. The number of amides is 1. The highest BCUT2D eigenvalue weighted by Gasteiger charge is 2.27. The molecular formula is C25H32N2O2. The van der Waals surface area contributed by atoms with E-state index in [1.807, 2.05) is 49.1 Å². The summed E-state index contributed by atoms with van der Waals surface area (Å²) in [7, 11) is 0. The molecule has 4 heteroatoms. The third-order valence-electron chi connectivity index (χ3n) is 6.07. The SMILES string of the molecule is CCN(CC)C(=O)c1ccc(C(c2cccc(C(C)=O)c2)C2CCNCC2)cc1. The van der Waals surface area contributed by atoms with Gasteiger partial charge in [-0.25, -0.2) is 0 Å². The van der Waals surface area contributed by atoms with Gasteiger partial charge in [0.2, 0.25) is 0 Å². The molecule has 154 valence electrons. The maximum atomic E-state index is 12.7. The number of Topliss-reactive ketones (excluding diaryl/α,β-unsaturated/α-hetero) is 1. The predicted molar refractivity (Wildman–Crippen MR) is 118 cm³/mol. The molecule has 0 spiro atoms. The second kappa shape index (κ2) is 9.84. The number of carbonyl (C=O) groups is 2. The Bertz CT molecular complexity index is 834. The lowest BCUT2D eigenvalue weighted by molar-refractivity contribution is 0.0772. The van der Waals surface area contributed by atoms with Gasteiger partial charge in [0.05, 0.1) is 0 Å². The standard InChI is InChI=1S/C25H32N2O2/c1-4-27(5-2)25(29)21-11-9-19(10-12-21)24(20-13-15-26-16-14-20)23-8-6-7-22(17-23)18(3)28/h6-12,17,20,24,26H,4-5,13-16H2,1-3H3. The van der Waals surface area contributed by atoms with Crippen LogP contribution in [-0.2, 0) is 0 Å². The summed E-state index contributed by atoms with van der Waals surface area (Å²) in [5.74, 6) is 0.923. The fraction of sp³-hybridized carbons (Fsp3) is 0.440. The van der Waals surface area contributed by atoms with Crippen LogP contribution in [-0.4, -0.2) is 42.8 Å². The van der Waals surface area contributed by atoms with Crippen molar-refractivity contribution in [3.8, 4) is 0 Å². The number of hydrogen-bond donors (Lipinski definition) is 1. The van der Waals surface area contributed by atoms with Crippen molar-refractivity contribution in [1.82, 2.24) is 10.2 Å². The molecule has 1 saturated heterocycles. The van der Waals surface area contributed by atoms with Gasteiger partial charge in [-0.2, -0.15) is 0 Å². The minimum Gasteiger partial charge on any atom is -0.339 e. The molecule has 0 aliphatic carbocycles. The molecule has 1 heterocycles. The summed E-state index contributed by atoms with van der Waals surface area (Å²) in [6.07, 6.45) is 2.21. The van der Waals surface area contributed by atoms with E-state index < -0.39 is 0 Å². The van der Waals surface area contributed by atoms with Gasteiger partial charge in [0.25, 0.3) is 5.91 Å². The van der Waals surface area contributed by atoms with Crippen LogP contribution in [0.15, 0.2) is 48.5 Å². The van der Waals surface area contributed by atoms with Crippen molar-refractivity contribution in [2.75, 3.05) is 26.2 Å². The first-order chi connectivity index (χ1) is 14.0. The molecule has 2 aromatic rings. The largest absolute Gasteiger partial charge is 0.339 e.